The molecule has 0 radical (unpaired) electrons. The van der Waals surface area contributed by atoms with Gasteiger partial charge >= 0.3 is 0 Å². The van der Waals surface area contributed by atoms with E-state index in [1.807, 2.05) is 6.07 Å². The highest BCUT2D eigenvalue weighted by molar-refractivity contribution is 5.16. The van der Waals surface area contributed by atoms with Gasteiger partial charge in [0.05, 0.1) is 18.2 Å². The Morgan fingerprint density at radius 2 is 2.31 bits per heavy atom. The summed E-state index contributed by atoms with van der Waals surface area (Å²) in [6.45, 7) is 0. The molecule has 0 N–H and O–H groups in total. The van der Waals surface area contributed by atoms with Crippen molar-refractivity contribution in [2.75, 3.05) is 0 Å². The Balaban J connectivity index is 2.17. The molecule has 13 heavy (non-hydrogen) atoms. The summed E-state index contributed by atoms with van der Waals surface area (Å²) in [5.41, 5.74) is 1.96. The maximum Gasteiger partial charge on any atom is 0.115 e. The fraction of sp³-hybridized carbons (Fsp3) is 0.500. The number of rotatable bonds is 2. The van der Waals surface area contributed by atoms with Crippen LogP contribution in [-0.2, 0) is 6.42 Å². The molecule has 2 rings (SSSR count). The fourth-order valence-electron chi connectivity index (χ4n) is 1.52. The molecule has 0 spiro atoms. The first-order valence-electron chi connectivity index (χ1n) is 4.58. The van der Waals surface area contributed by atoms with Crippen LogP contribution in [0.15, 0.2) is 12.4 Å². The van der Waals surface area contributed by atoms with E-state index >= 15 is 0 Å². The van der Waals surface area contributed by atoms with Crippen molar-refractivity contribution >= 4 is 0 Å². The molecule has 0 atom stereocenters. The van der Waals surface area contributed by atoms with Gasteiger partial charge in [-0.05, 0) is 18.9 Å². The summed E-state index contributed by atoms with van der Waals surface area (Å²) in [5, 5.41) is 8.51. The standard InChI is InChI=1S/C10H11N3/c11-5-4-9-6-10(13-7-12-9)8-2-1-3-8/h6-8H,1-4H2. The Hall–Kier alpha value is -1.43. The van der Waals surface area contributed by atoms with Crippen molar-refractivity contribution in [2.45, 2.75) is 31.6 Å². The molecule has 0 bridgehead atoms. The van der Waals surface area contributed by atoms with Gasteiger partial charge in [-0.15, -0.1) is 0 Å². The van der Waals surface area contributed by atoms with Crippen LogP contribution in [0, 0.1) is 11.3 Å². The van der Waals surface area contributed by atoms with E-state index in [9.17, 15) is 0 Å². The van der Waals surface area contributed by atoms with E-state index in [0.29, 0.717) is 12.3 Å². The highest BCUT2D eigenvalue weighted by atomic mass is 14.8. The van der Waals surface area contributed by atoms with Gasteiger partial charge in [0.25, 0.3) is 0 Å². The lowest BCUT2D eigenvalue weighted by Gasteiger charge is -2.24. The molecule has 1 aromatic rings. The first-order valence-corrected chi connectivity index (χ1v) is 4.58. The average molecular weight is 173 g/mol. The molecule has 66 valence electrons. The van der Waals surface area contributed by atoms with Crippen LogP contribution in [0.25, 0.3) is 0 Å². The van der Waals surface area contributed by atoms with Crippen molar-refractivity contribution < 1.29 is 0 Å². The molecule has 1 aliphatic rings. The molecular weight excluding hydrogens is 162 g/mol. The van der Waals surface area contributed by atoms with E-state index in [-0.39, 0.29) is 0 Å². The Kier molecular flexibility index (Phi) is 2.22. The zero-order chi connectivity index (χ0) is 9.10. The highest BCUT2D eigenvalue weighted by Gasteiger charge is 2.20. The molecule has 1 aliphatic carbocycles. The Morgan fingerprint density at radius 1 is 1.46 bits per heavy atom. The smallest absolute Gasteiger partial charge is 0.115 e. The first kappa shape index (κ1) is 8.18. The van der Waals surface area contributed by atoms with Gasteiger partial charge in [0.15, 0.2) is 0 Å². The van der Waals surface area contributed by atoms with Gasteiger partial charge in [-0.1, -0.05) is 6.42 Å². The van der Waals surface area contributed by atoms with Gasteiger partial charge in [0.1, 0.15) is 6.33 Å². The zero-order valence-corrected chi connectivity index (χ0v) is 7.40. The molecule has 0 saturated heterocycles. The van der Waals surface area contributed by atoms with Gasteiger partial charge in [-0.25, -0.2) is 9.97 Å². The van der Waals surface area contributed by atoms with E-state index in [1.54, 1.807) is 6.33 Å². The molecule has 0 aromatic carbocycles. The van der Waals surface area contributed by atoms with E-state index in [0.717, 1.165) is 11.4 Å². The SMILES string of the molecule is N#CCc1cc(C2CCC2)ncn1. The lowest BCUT2D eigenvalue weighted by atomic mass is 9.82. The Bertz CT molecular complexity index is 336. The monoisotopic (exact) mass is 173 g/mol. The second-order valence-electron chi connectivity index (χ2n) is 3.40. The summed E-state index contributed by atoms with van der Waals surface area (Å²) in [4.78, 5) is 8.26. The average Bonchev–Trinajstić information content (AvgIpc) is 2.02. The third kappa shape index (κ3) is 1.67. The number of nitrogens with zero attached hydrogens (tertiary/aromatic N) is 3. The van der Waals surface area contributed by atoms with Gasteiger partial charge in [0, 0.05) is 11.6 Å². The van der Waals surface area contributed by atoms with Crippen LogP contribution in [0.2, 0.25) is 0 Å². The minimum Gasteiger partial charge on any atom is -0.241 e. The topological polar surface area (TPSA) is 49.6 Å². The number of aromatic nitrogens is 2. The maximum atomic E-state index is 8.51. The van der Waals surface area contributed by atoms with Crippen molar-refractivity contribution in [3.05, 3.63) is 23.8 Å². The summed E-state index contributed by atoms with van der Waals surface area (Å²) in [5.74, 6) is 0.625. The second kappa shape index (κ2) is 3.53. The lowest BCUT2D eigenvalue weighted by Crippen LogP contribution is -2.11. The van der Waals surface area contributed by atoms with Gasteiger partial charge in [0.2, 0.25) is 0 Å². The van der Waals surface area contributed by atoms with Crippen LogP contribution in [0.5, 0.6) is 0 Å². The van der Waals surface area contributed by atoms with Crippen molar-refractivity contribution in [1.29, 1.82) is 5.26 Å². The molecule has 0 aliphatic heterocycles. The summed E-state index contributed by atoms with van der Waals surface area (Å²) in [6.07, 6.45) is 5.75. The lowest BCUT2D eigenvalue weighted by molar-refractivity contribution is 0.410. The van der Waals surface area contributed by atoms with Crippen LogP contribution < -0.4 is 0 Å². The third-order valence-corrected chi connectivity index (χ3v) is 2.53. The first-order chi connectivity index (χ1) is 6.40. The van der Waals surface area contributed by atoms with E-state index in [4.69, 9.17) is 5.26 Å². The summed E-state index contributed by atoms with van der Waals surface area (Å²) < 4.78 is 0. The van der Waals surface area contributed by atoms with Crippen LogP contribution in [-0.4, -0.2) is 9.97 Å². The summed E-state index contributed by atoms with van der Waals surface area (Å²) in [7, 11) is 0. The van der Waals surface area contributed by atoms with Gasteiger partial charge < -0.3 is 0 Å². The van der Waals surface area contributed by atoms with Crippen LogP contribution in [0.3, 0.4) is 0 Å². The van der Waals surface area contributed by atoms with Crippen LogP contribution >= 0.6 is 0 Å². The maximum absolute atomic E-state index is 8.51. The van der Waals surface area contributed by atoms with Crippen LogP contribution in [0.4, 0.5) is 0 Å². The van der Waals surface area contributed by atoms with E-state index in [2.05, 4.69) is 16.0 Å². The van der Waals surface area contributed by atoms with Gasteiger partial charge in [-0.2, -0.15) is 5.26 Å². The number of hydrogen-bond acceptors (Lipinski definition) is 3. The van der Waals surface area contributed by atoms with Crippen molar-refractivity contribution in [3.8, 4) is 6.07 Å². The second-order valence-corrected chi connectivity index (χ2v) is 3.40. The molecular formula is C10H11N3. The quantitative estimate of drug-likeness (QED) is 0.685. The normalized spacial score (nSPS) is 16.2. The number of hydrogen-bond donors (Lipinski definition) is 0. The van der Waals surface area contributed by atoms with Crippen molar-refractivity contribution in [2.24, 2.45) is 0 Å². The Labute approximate surface area is 77.4 Å². The van der Waals surface area contributed by atoms with E-state index in [1.165, 1.54) is 19.3 Å². The molecule has 0 amide bonds. The van der Waals surface area contributed by atoms with E-state index < -0.39 is 0 Å². The summed E-state index contributed by atoms with van der Waals surface area (Å²) in [6, 6.07) is 4.06. The minimum absolute atomic E-state index is 0.391. The fourth-order valence-corrected chi connectivity index (χ4v) is 1.52. The molecule has 1 saturated carbocycles. The zero-order valence-electron chi connectivity index (χ0n) is 7.40. The van der Waals surface area contributed by atoms with Crippen molar-refractivity contribution in [1.82, 2.24) is 9.97 Å². The largest absolute Gasteiger partial charge is 0.241 e. The molecule has 1 aromatic heterocycles. The molecule has 1 heterocycles. The molecule has 1 fully saturated rings. The van der Waals surface area contributed by atoms with Crippen LogP contribution in [0.1, 0.15) is 36.6 Å². The predicted molar refractivity (Wildman–Crippen MR) is 47.9 cm³/mol. The highest BCUT2D eigenvalue weighted by Crippen LogP contribution is 2.34. The predicted octanol–water partition coefficient (Wildman–Crippen LogP) is 1.81. The Morgan fingerprint density at radius 3 is 2.92 bits per heavy atom. The number of nitriles is 1. The summed E-state index contributed by atoms with van der Waals surface area (Å²) >= 11 is 0. The van der Waals surface area contributed by atoms with Gasteiger partial charge in [-0.3, -0.25) is 0 Å². The molecule has 0 unspecified atom stereocenters. The molecule has 3 heteroatoms. The minimum atomic E-state index is 0.391. The molecule has 3 nitrogen and oxygen atoms in total. The third-order valence-electron chi connectivity index (χ3n) is 2.53. The van der Waals surface area contributed by atoms with Crippen molar-refractivity contribution in [3.63, 3.8) is 0 Å².